The van der Waals surface area contributed by atoms with Gasteiger partial charge in [-0.05, 0) is 17.7 Å². The Morgan fingerprint density at radius 1 is 1.53 bits per heavy atom. The van der Waals surface area contributed by atoms with E-state index in [4.69, 9.17) is 5.11 Å². The van der Waals surface area contributed by atoms with Gasteiger partial charge in [0.15, 0.2) is 5.78 Å². The smallest absolute Gasteiger partial charge is 0.407 e. The van der Waals surface area contributed by atoms with E-state index in [0.29, 0.717) is 19.4 Å². The Morgan fingerprint density at radius 3 is 2.94 bits per heavy atom. The molecule has 1 atom stereocenters. The van der Waals surface area contributed by atoms with Crippen molar-refractivity contribution in [1.82, 2.24) is 4.90 Å². The van der Waals surface area contributed by atoms with Gasteiger partial charge in [0.2, 0.25) is 0 Å². The number of benzene rings is 1. The van der Waals surface area contributed by atoms with Gasteiger partial charge in [0.25, 0.3) is 0 Å². The summed E-state index contributed by atoms with van der Waals surface area (Å²) in [6.07, 6.45) is -0.244. The quantitative estimate of drug-likeness (QED) is 0.911. The SMILES string of the molecule is O=C1CCN(C(=O)O)C1Cc1cccc(Br)c1. The van der Waals surface area contributed by atoms with Crippen LogP contribution in [0.4, 0.5) is 4.79 Å². The Morgan fingerprint density at radius 2 is 2.29 bits per heavy atom. The standard InChI is InChI=1S/C12H12BrNO3/c13-9-3-1-2-8(6-9)7-10-11(15)4-5-14(10)12(16)17/h1-3,6,10H,4-5,7H2,(H,16,17). The fourth-order valence-electron chi connectivity index (χ4n) is 2.07. The summed E-state index contributed by atoms with van der Waals surface area (Å²) in [5, 5.41) is 9.00. The van der Waals surface area contributed by atoms with E-state index < -0.39 is 12.1 Å². The van der Waals surface area contributed by atoms with Crippen LogP contribution in [0, 0.1) is 0 Å². The monoisotopic (exact) mass is 297 g/mol. The average molecular weight is 298 g/mol. The summed E-state index contributed by atoms with van der Waals surface area (Å²) >= 11 is 3.36. The van der Waals surface area contributed by atoms with Crippen LogP contribution >= 0.6 is 15.9 Å². The molecule has 2 rings (SSSR count). The number of Topliss-reactive ketones (excluding diaryl/α,β-unsaturated/α-hetero) is 1. The minimum atomic E-state index is -1.02. The molecule has 4 nitrogen and oxygen atoms in total. The Hall–Kier alpha value is -1.36. The maximum atomic E-state index is 11.7. The number of carbonyl (C=O) groups is 2. The van der Waals surface area contributed by atoms with Crippen molar-refractivity contribution in [2.75, 3.05) is 6.54 Å². The van der Waals surface area contributed by atoms with Gasteiger partial charge in [-0.15, -0.1) is 0 Å². The summed E-state index contributed by atoms with van der Waals surface area (Å²) in [6, 6.07) is 7.06. The van der Waals surface area contributed by atoms with Gasteiger partial charge < -0.3 is 5.11 Å². The molecule has 5 heteroatoms. The molecule has 1 amide bonds. The van der Waals surface area contributed by atoms with E-state index in [2.05, 4.69) is 15.9 Å². The lowest BCUT2D eigenvalue weighted by molar-refractivity contribution is -0.119. The van der Waals surface area contributed by atoms with Crippen molar-refractivity contribution >= 4 is 27.8 Å². The topological polar surface area (TPSA) is 57.6 Å². The molecule has 1 fully saturated rings. The average Bonchev–Trinajstić information content (AvgIpc) is 2.61. The molecule has 0 saturated carbocycles. The van der Waals surface area contributed by atoms with Crippen LogP contribution in [0.25, 0.3) is 0 Å². The van der Waals surface area contributed by atoms with Crippen molar-refractivity contribution in [1.29, 1.82) is 0 Å². The number of halogens is 1. The largest absolute Gasteiger partial charge is 0.465 e. The van der Waals surface area contributed by atoms with Crippen LogP contribution in [-0.2, 0) is 11.2 Å². The highest BCUT2D eigenvalue weighted by molar-refractivity contribution is 9.10. The molecule has 1 unspecified atom stereocenters. The van der Waals surface area contributed by atoms with Crippen molar-refractivity contribution in [2.24, 2.45) is 0 Å². The molecule has 0 aromatic heterocycles. The van der Waals surface area contributed by atoms with E-state index in [1.165, 1.54) is 4.90 Å². The third-order valence-electron chi connectivity index (χ3n) is 2.91. The third-order valence-corrected chi connectivity index (χ3v) is 3.40. The van der Waals surface area contributed by atoms with Crippen molar-refractivity contribution in [3.05, 3.63) is 34.3 Å². The van der Waals surface area contributed by atoms with Crippen molar-refractivity contribution < 1.29 is 14.7 Å². The second kappa shape index (κ2) is 4.87. The summed E-state index contributed by atoms with van der Waals surface area (Å²) in [5.41, 5.74) is 0.964. The molecule has 1 aliphatic heterocycles. The highest BCUT2D eigenvalue weighted by Crippen LogP contribution is 2.20. The van der Waals surface area contributed by atoms with E-state index in [1.54, 1.807) is 0 Å². The summed E-state index contributed by atoms with van der Waals surface area (Å²) in [7, 11) is 0. The fourth-order valence-corrected chi connectivity index (χ4v) is 2.51. The van der Waals surface area contributed by atoms with Gasteiger partial charge in [-0.3, -0.25) is 9.69 Å². The minimum absolute atomic E-state index is 0.00683. The molecule has 90 valence electrons. The van der Waals surface area contributed by atoms with Gasteiger partial charge in [0.1, 0.15) is 0 Å². The van der Waals surface area contributed by atoms with Gasteiger partial charge >= 0.3 is 6.09 Å². The maximum absolute atomic E-state index is 11.7. The van der Waals surface area contributed by atoms with Crippen LogP contribution in [0.3, 0.4) is 0 Å². The van der Waals surface area contributed by atoms with E-state index in [-0.39, 0.29) is 5.78 Å². The molecule has 1 saturated heterocycles. The first kappa shape index (κ1) is 12.1. The lowest BCUT2D eigenvalue weighted by Crippen LogP contribution is -2.38. The Labute approximate surface area is 107 Å². The van der Waals surface area contributed by atoms with Gasteiger partial charge in [0, 0.05) is 23.9 Å². The lowest BCUT2D eigenvalue weighted by atomic mass is 10.0. The Bertz CT molecular complexity index is 461. The number of hydrogen-bond acceptors (Lipinski definition) is 2. The van der Waals surface area contributed by atoms with Crippen LogP contribution in [0.15, 0.2) is 28.7 Å². The zero-order chi connectivity index (χ0) is 12.4. The van der Waals surface area contributed by atoms with Crippen LogP contribution in [0.2, 0.25) is 0 Å². The summed E-state index contributed by atoms with van der Waals surface area (Å²) in [4.78, 5) is 23.9. The van der Waals surface area contributed by atoms with Gasteiger partial charge in [-0.2, -0.15) is 0 Å². The Kier molecular flexibility index (Phi) is 3.47. The van der Waals surface area contributed by atoms with Crippen LogP contribution in [-0.4, -0.2) is 34.5 Å². The molecule has 1 heterocycles. The van der Waals surface area contributed by atoms with Gasteiger partial charge in [-0.25, -0.2) is 4.79 Å². The number of carboxylic acid groups (broad SMARTS) is 1. The van der Waals surface area contributed by atoms with E-state index in [9.17, 15) is 9.59 Å². The molecule has 1 N–H and O–H groups in total. The third kappa shape index (κ3) is 2.66. The summed E-state index contributed by atoms with van der Waals surface area (Å²) in [5.74, 6) is 0.00683. The number of hydrogen-bond donors (Lipinski definition) is 1. The molecule has 0 radical (unpaired) electrons. The highest BCUT2D eigenvalue weighted by Gasteiger charge is 2.35. The summed E-state index contributed by atoms with van der Waals surface area (Å²) in [6.45, 7) is 0.312. The van der Waals surface area contributed by atoms with Crippen LogP contribution < -0.4 is 0 Å². The molecule has 0 bridgehead atoms. The van der Waals surface area contributed by atoms with E-state index in [1.807, 2.05) is 24.3 Å². The Balaban J connectivity index is 2.16. The number of likely N-dealkylation sites (tertiary alicyclic amines) is 1. The highest BCUT2D eigenvalue weighted by atomic mass is 79.9. The summed E-state index contributed by atoms with van der Waals surface area (Å²) < 4.78 is 0.933. The van der Waals surface area contributed by atoms with Crippen molar-refractivity contribution in [2.45, 2.75) is 18.9 Å². The number of carbonyl (C=O) groups excluding carboxylic acids is 1. The van der Waals surface area contributed by atoms with Crippen molar-refractivity contribution in [3.8, 4) is 0 Å². The number of amides is 1. The molecule has 17 heavy (non-hydrogen) atoms. The van der Waals surface area contributed by atoms with E-state index >= 15 is 0 Å². The molecule has 1 aliphatic rings. The molecular formula is C12H12BrNO3. The van der Waals surface area contributed by atoms with Gasteiger partial charge in [0.05, 0.1) is 6.04 Å². The zero-order valence-corrected chi connectivity index (χ0v) is 10.7. The molecule has 1 aromatic rings. The second-order valence-electron chi connectivity index (χ2n) is 4.04. The number of rotatable bonds is 2. The van der Waals surface area contributed by atoms with E-state index in [0.717, 1.165) is 10.0 Å². The first-order chi connectivity index (χ1) is 8.08. The van der Waals surface area contributed by atoms with Crippen LogP contribution in [0.1, 0.15) is 12.0 Å². The normalized spacial score (nSPS) is 19.7. The van der Waals surface area contributed by atoms with Crippen molar-refractivity contribution in [3.63, 3.8) is 0 Å². The first-order valence-electron chi connectivity index (χ1n) is 5.34. The van der Waals surface area contributed by atoms with Gasteiger partial charge in [-0.1, -0.05) is 28.1 Å². The predicted molar refractivity (Wildman–Crippen MR) is 66.0 cm³/mol. The first-order valence-corrected chi connectivity index (χ1v) is 6.14. The molecule has 1 aromatic carbocycles. The number of ketones is 1. The zero-order valence-electron chi connectivity index (χ0n) is 9.10. The van der Waals surface area contributed by atoms with Crippen LogP contribution in [0.5, 0.6) is 0 Å². The number of nitrogens with zero attached hydrogens (tertiary/aromatic N) is 1. The molecular weight excluding hydrogens is 286 g/mol. The maximum Gasteiger partial charge on any atom is 0.407 e. The molecule has 0 aliphatic carbocycles. The molecule has 0 spiro atoms. The fraction of sp³-hybridized carbons (Fsp3) is 0.333. The predicted octanol–water partition coefficient (Wildman–Crippen LogP) is 2.31. The second-order valence-corrected chi connectivity index (χ2v) is 4.96. The lowest BCUT2D eigenvalue weighted by Gasteiger charge is -2.20. The minimum Gasteiger partial charge on any atom is -0.465 e.